The number of carbonyl (C=O) groups excluding carboxylic acids is 3. The molecule has 0 radical (unpaired) electrons. The largest absolute Gasteiger partial charge is 0.481 e. The number of carboxylic acid groups (broad SMARTS) is 1. The summed E-state index contributed by atoms with van der Waals surface area (Å²) in [7, 11) is -3.91. The molecule has 0 fully saturated rings. The maximum absolute atomic E-state index is 13.0. The van der Waals surface area contributed by atoms with Crippen LogP contribution < -0.4 is 31.7 Å². The number of benzene rings is 5. The van der Waals surface area contributed by atoms with Crippen molar-refractivity contribution in [3.63, 3.8) is 0 Å². The Morgan fingerprint density at radius 2 is 1.14 bits per heavy atom. The Morgan fingerprint density at radius 1 is 0.638 bits per heavy atom. The van der Waals surface area contributed by atoms with Crippen molar-refractivity contribution in [1.29, 1.82) is 0 Å². The molecule has 0 aliphatic rings. The maximum Gasteiger partial charge on any atom is 0.310 e. The van der Waals surface area contributed by atoms with E-state index in [1.54, 1.807) is 80.6 Å². The van der Waals surface area contributed by atoms with Crippen LogP contribution in [0.3, 0.4) is 0 Å². The molecule has 304 valence electrons. The molecule has 2 amide bonds. The van der Waals surface area contributed by atoms with Crippen LogP contribution in [-0.2, 0) is 37.2 Å². The van der Waals surface area contributed by atoms with Crippen LogP contribution in [0.15, 0.2) is 114 Å². The highest BCUT2D eigenvalue weighted by atomic mass is 32.2. The quantitative estimate of drug-likeness (QED) is 0.0407. The first kappa shape index (κ1) is 43.9. The first-order valence-electron chi connectivity index (χ1n) is 18.5. The monoisotopic (exact) mass is 808 g/mol. The summed E-state index contributed by atoms with van der Waals surface area (Å²) in [5.74, 6) is -1.64. The average molecular weight is 809 g/mol. The van der Waals surface area contributed by atoms with E-state index in [2.05, 4.69) is 26.0 Å². The fourth-order valence-electron chi connectivity index (χ4n) is 5.42. The molecule has 5 rings (SSSR count). The van der Waals surface area contributed by atoms with Crippen molar-refractivity contribution in [2.75, 3.05) is 40.8 Å². The molecule has 0 bridgehead atoms. The molecule has 15 heteroatoms. The molecule has 14 nitrogen and oxygen atoms in total. The number of nitrogens with one attached hydrogen (secondary N) is 5. The first-order valence-corrected chi connectivity index (χ1v) is 20.0. The van der Waals surface area contributed by atoms with Gasteiger partial charge in [0.2, 0.25) is 0 Å². The molecule has 0 atom stereocenters. The van der Waals surface area contributed by atoms with Crippen molar-refractivity contribution in [2.24, 2.45) is 0 Å². The first-order chi connectivity index (χ1) is 27.7. The second kappa shape index (κ2) is 20.9. The van der Waals surface area contributed by atoms with Crippen LogP contribution in [0.4, 0.5) is 34.1 Å². The number of carboxylic acids is 1. The van der Waals surface area contributed by atoms with Gasteiger partial charge in [-0.3, -0.25) is 23.9 Å². The fraction of sp³-hybridized carbons (Fsp3) is 0.209. The topological polar surface area (TPSA) is 218 Å². The van der Waals surface area contributed by atoms with E-state index in [0.29, 0.717) is 59.1 Å². The molecule has 0 aliphatic heterocycles. The summed E-state index contributed by atoms with van der Waals surface area (Å²) >= 11 is 0. The molecular formula is C43H48N6O8S. The van der Waals surface area contributed by atoms with Gasteiger partial charge in [0.05, 0.1) is 47.1 Å². The van der Waals surface area contributed by atoms with Gasteiger partial charge in [0.1, 0.15) is 0 Å². The van der Waals surface area contributed by atoms with Gasteiger partial charge in [-0.1, -0.05) is 42.0 Å². The van der Waals surface area contributed by atoms with Gasteiger partial charge < -0.3 is 36.8 Å². The molecule has 0 spiro atoms. The fourth-order valence-corrected chi connectivity index (χ4v) is 6.49. The van der Waals surface area contributed by atoms with Crippen molar-refractivity contribution < 1.29 is 37.4 Å². The number of nitrogen functional groups attached to an aromatic ring is 1. The molecule has 0 saturated heterocycles. The third-order valence-corrected chi connectivity index (χ3v) is 9.70. The highest BCUT2D eigenvalue weighted by Crippen LogP contribution is 2.30. The second-order valence-electron chi connectivity index (χ2n) is 12.9. The molecule has 0 aromatic heterocycles. The van der Waals surface area contributed by atoms with E-state index in [0.717, 1.165) is 16.8 Å². The van der Waals surface area contributed by atoms with Crippen LogP contribution >= 0.6 is 0 Å². The van der Waals surface area contributed by atoms with Gasteiger partial charge in [0.15, 0.2) is 0 Å². The highest BCUT2D eigenvalue weighted by Gasteiger charge is 2.18. The van der Waals surface area contributed by atoms with Crippen molar-refractivity contribution >= 4 is 67.9 Å². The zero-order valence-electron chi connectivity index (χ0n) is 32.7. The Labute approximate surface area is 338 Å². The van der Waals surface area contributed by atoms with Crippen molar-refractivity contribution in [3.8, 4) is 0 Å². The van der Waals surface area contributed by atoms with Crippen molar-refractivity contribution in [2.45, 2.75) is 45.4 Å². The lowest BCUT2D eigenvalue weighted by atomic mass is 10.1. The van der Waals surface area contributed by atoms with Crippen LogP contribution in [0.2, 0.25) is 0 Å². The van der Waals surface area contributed by atoms with Gasteiger partial charge in [-0.2, -0.15) is 0 Å². The lowest BCUT2D eigenvalue weighted by molar-refractivity contribution is -0.142. The summed E-state index contributed by atoms with van der Waals surface area (Å²) in [6.45, 7) is 8.69. The summed E-state index contributed by atoms with van der Waals surface area (Å²) < 4.78 is 33.5. The van der Waals surface area contributed by atoms with Crippen LogP contribution in [0, 0.1) is 6.92 Å². The Hall–Kier alpha value is -6.87. The third kappa shape index (κ3) is 13.1. The number of sulfonamides is 1. The van der Waals surface area contributed by atoms with E-state index in [-0.39, 0.29) is 41.2 Å². The molecule has 58 heavy (non-hydrogen) atoms. The molecule has 8 N–H and O–H groups in total. The normalized spacial score (nSPS) is 10.6. The molecular weight excluding hydrogens is 761 g/mol. The molecule has 5 aromatic rings. The number of hydrogen-bond donors (Lipinski definition) is 7. The van der Waals surface area contributed by atoms with Gasteiger partial charge in [-0.05, 0) is 112 Å². The standard InChI is InChI=1S/C24H25N3O5S.C19H23N3O3/c1-3-25-24(30)18-8-13-21(26-19-9-6-17(7-10-19)14-23(28)29)22(15-18)27-33(31,32)20-11-4-16(2)5-12-20;1-3-21-19(24)14-7-10-17(16(20)12-14)22-15-8-5-13(6-9-15)11-18(23)25-4-2/h4-13,15,26-27H,3,14H2,1-2H3,(H,25,30)(H,28,29);5-10,12,22H,3-4,11,20H2,1-2H3,(H,21,24). The van der Waals surface area contributed by atoms with E-state index in [4.69, 9.17) is 15.6 Å². The number of aliphatic carboxylic acids is 1. The van der Waals surface area contributed by atoms with E-state index in [9.17, 15) is 27.6 Å². The number of esters is 1. The SMILES string of the molecule is CCNC(=O)c1ccc(Nc2ccc(CC(=O)O)cc2)c(NS(=O)(=O)c2ccc(C)cc2)c1.CCNC(=O)c1ccc(Nc2ccc(CC(=O)OCC)cc2)c(N)c1. The minimum absolute atomic E-state index is 0.0941. The Bertz CT molecular complexity index is 2320. The van der Waals surface area contributed by atoms with Gasteiger partial charge in [0.25, 0.3) is 21.8 Å². The van der Waals surface area contributed by atoms with E-state index in [1.165, 1.54) is 18.2 Å². The zero-order chi connectivity index (χ0) is 42.2. The number of ether oxygens (including phenoxy) is 1. The van der Waals surface area contributed by atoms with Crippen molar-refractivity contribution in [1.82, 2.24) is 10.6 Å². The number of amides is 2. The van der Waals surface area contributed by atoms with Crippen LogP contribution in [0.25, 0.3) is 0 Å². The van der Waals surface area contributed by atoms with Crippen LogP contribution in [-0.4, -0.2) is 57.0 Å². The predicted molar refractivity (Wildman–Crippen MR) is 226 cm³/mol. The van der Waals surface area contributed by atoms with Crippen LogP contribution in [0.5, 0.6) is 0 Å². The van der Waals surface area contributed by atoms with Crippen molar-refractivity contribution in [3.05, 3.63) is 137 Å². The Kier molecular flexibility index (Phi) is 15.8. The lowest BCUT2D eigenvalue weighted by Crippen LogP contribution is -2.23. The lowest BCUT2D eigenvalue weighted by Gasteiger charge is -2.16. The summed E-state index contributed by atoms with van der Waals surface area (Å²) in [5.41, 5.74) is 12.6. The number of rotatable bonds is 16. The molecule has 5 aromatic carbocycles. The third-order valence-electron chi connectivity index (χ3n) is 8.32. The average Bonchev–Trinajstić information content (AvgIpc) is 3.18. The number of nitrogens with two attached hydrogens (primary N) is 1. The number of anilines is 6. The summed E-state index contributed by atoms with van der Waals surface area (Å²) in [6.07, 6.45) is 0.153. The van der Waals surface area contributed by atoms with E-state index < -0.39 is 16.0 Å². The van der Waals surface area contributed by atoms with Gasteiger partial charge in [0, 0.05) is 35.6 Å². The van der Waals surface area contributed by atoms with Gasteiger partial charge >= 0.3 is 11.9 Å². The minimum Gasteiger partial charge on any atom is -0.481 e. The van der Waals surface area contributed by atoms with Gasteiger partial charge in [-0.15, -0.1) is 0 Å². The molecule has 0 saturated carbocycles. The number of carbonyl (C=O) groups is 4. The number of aryl methyl sites for hydroxylation is 1. The smallest absolute Gasteiger partial charge is 0.310 e. The van der Waals surface area contributed by atoms with E-state index in [1.807, 2.05) is 38.1 Å². The molecule has 0 aliphatic carbocycles. The Morgan fingerprint density at radius 3 is 1.64 bits per heavy atom. The Balaban J connectivity index is 0.000000267. The number of hydrogen-bond acceptors (Lipinski definition) is 10. The minimum atomic E-state index is -3.91. The van der Waals surface area contributed by atoms with E-state index >= 15 is 0 Å². The summed E-state index contributed by atoms with van der Waals surface area (Å²) in [4.78, 5) is 46.6. The molecule has 0 unspecified atom stereocenters. The molecule has 0 heterocycles. The zero-order valence-corrected chi connectivity index (χ0v) is 33.5. The van der Waals surface area contributed by atoms with Gasteiger partial charge in [-0.25, -0.2) is 8.42 Å². The van der Waals surface area contributed by atoms with Crippen LogP contribution in [0.1, 0.15) is 58.2 Å². The summed E-state index contributed by atoms with van der Waals surface area (Å²) in [6, 6.07) is 30.5. The second-order valence-corrected chi connectivity index (χ2v) is 14.6. The summed E-state index contributed by atoms with van der Waals surface area (Å²) in [5, 5.41) is 20.7. The highest BCUT2D eigenvalue weighted by molar-refractivity contribution is 7.92. The predicted octanol–water partition coefficient (Wildman–Crippen LogP) is 6.78. The maximum atomic E-state index is 13.0.